The zero-order chi connectivity index (χ0) is 13.1. The number of hydrogen-bond acceptors (Lipinski definition) is 1. The standard InChI is InChI=1S/C15H18F2O/c1-2-10-3-5-11(6-4-10)15(18)12-7-8-13(16)14(17)9-12/h7-11H,2-6H2,1H3. The molecular formula is C15H18F2O. The lowest BCUT2D eigenvalue weighted by atomic mass is 9.78. The smallest absolute Gasteiger partial charge is 0.166 e. The average molecular weight is 252 g/mol. The summed E-state index contributed by atoms with van der Waals surface area (Å²) in [5, 5.41) is 0. The summed E-state index contributed by atoms with van der Waals surface area (Å²) in [6.07, 6.45) is 5.03. The number of carbonyl (C=O) groups is 1. The highest BCUT2D eigenvalue weighted by atomic mass is 19.2. The van der Waals surface area contributed by atoms with Gasteiger partial charge in [-0.15, -0.1) is 0 Å². The zero-order valence-corrected chi connectivity index (χ0v) is 10.6. The first-order valence-electron chi connectivity index (χ1n) is 6.61. The topological polar surface area (TPSA) is 17.1 Å². The average Bonchev–Trinajstić information content (AvgIpc) is 2.41. The molecular weight excluding hydrogens is 234 g/mol. The summed E-state index contributed by atoms with van der Waals surface area (Å²) in [5.74, 6) is -1.18. The zero-order valence-electron chi connectivity index (χ0n) is 10.6. The van der Waals surface area contributed by atoms with Gasteiger partial charge in [0.15, 0.2) is 17.4 Å². The van der Waals surface area contributed by atoms with Crippen LogP contribution in [0.15, 0.2) is 18.2 Å². The third-order valence-electron chi connectivity index (χ3n) is 4.00. The van der Waals surface area contributed by atoms with E-state index < -0.39 is 11.6 Å². The number of carbonyl (C=O) groups excluding carboxylic acids is 1. The van der Waals surface area contributed by atoms with E-state index in [9.17, 15) is 13.6 Å². The van der Waals surface area contributed by atoms with E-state index in [0.29, 0.717) is 5.56 Å². The van der Waals surface area contributed by atoms with Crippen molar-refractivity contribution >= 4 is 5.78 Å². The fraction of sp³-hybridized carbons (Fsp3) is 0.533. The van der Waals surface area contributed by atoms with Gasteiger partial charge in [0.05, 0.1) is 0 Å². The first-order valence-corrected chi connectivity index (χ1v) is 6.61. The maximum atomic E-state index is 13.1. The molecule has 0 spiro atoms. The van der Waals surface area contributed by atoms with Gasteiger partial charge in [0, 0.05) is 11.5 Å². The summed E-state index contributed by atoms with van der Waals surface area (Å²) >= 11 is 0. The van der Waals surface area contributed by atoms with Crippen molar-refractivity contribution in [2.45, 2.75) is 39.0 Å². The van der Waals surface area contributed by atoms with Crippen molar-refractivity contribution in [3.63, 3.8) is 0 Å². The highest BCUT2D eigenvalue weighted by Gasteiger charge is 2.26. The molecule has 1 aromatic carbocycles. The third kappa shape index (κ3) is 2.77. The van der Waals surface area contributed by atoms with Crippen LogP contribution in [0.4, 0.5) is 8.78 Å². The summed E-state index contributed by atoms with van der Waals surface area (Å²) in [7, 11) is 0. The first-order chi connectivity index (χ1) is 8.61. The molecule has 1 fully saturated rings. The molecule has 1 aromatic rings. The van der Waals surface area contributed by atoms with Crippen LogP contribution in [0, 0.1) is 23.5 Å². The van der Waals surface area contributed by atoms with Crippen LogP contribution < -0.4 is 0 Å². The van der Waals surface area contributed by atoms with Crippen LogP contribution in [-0.4, -0.2) is 5.78 Å². The minimum absolute atomic E-state index is 0.0161. The summed E-state index contributed by atoms with van der Waals surface area (Å²) < 4.78 is 25.9. The highest BCUT2D eigenvalue weighted by Crippen LogP contribution is 2.32. The molecule has 1 saturated carbocycles. The number of hydrogen-bond donors (Lipinski definition) is 0. The second kappa shape index (κ2) is 5.59. The number of rotatable bonds is 3. The molecule has 1 aliphatic rings. The molecule has 1 aliphatic carbocycles. The SMILES string of the molecule is CCC1CCC(C(=O)c2ccc(F)c(F)c2)CC1. The van der Waals surface area contributed by atoms with E-state index in [1.807, 2.05) is 0 Å². The van der Waals surface area contributed by atoms with Gasteiger partial charge in [0.1, 0.15) is 0 Å². The fourth-order valence-electron chi connectivity index (χ4n) is 2.72. The molecule has 0 unspecified atom stereocenters. The Labute approximate surface area is 106 Å². The lowest BCUT2D eigenvalue weighted by Crippen LogP contribution is -2.22. The molecule has 2 rings (SSSR count). The van der Waals surface area contributed by atoms with Gasteiger partial charge < -0.3 is 0 Å². The van der Waals surface area contributed by atoms with Gasteiger partial charge in [-0.1, -0.05) is 13.3 Å². The summed E-state index contributed by atoms with van der Waals surface area (Å²) in [6.45, 7) is 2.17. The predicted molar refractivity (Wildman–Crippen MR) is 66.4 cm³/mol. The van der Waals surface area contributed by atoms with Crippen LogP contribution in [0.1, 0.15) is 49.4 Å². The van der Waals surface area contributed by atoms with Gasteiger partial charge >= 0.3 is 0 Å². The van der Waals surface area contributed by atoms with E-state index >= 15 is 0 Å². The van der Waals surface area contributed by atoms with E-state index in [1.54, 1.807) is 0 Å². The number of ketones is 1. The van der Waals surface area contributed by atoms with Crippen LogP contribution in [0.2, 0.25) is 0 Å². The van der Waals surface area contributed by atoms with Gasteiger partial charge in [-0.25, -0.2) is 8.78 Å². The van der Waals surface area contributed by atoms with Crippen molar-refractivity contribution in [2.24, 2.45) is 11.8 Å². The number of halogens is 2. The number of benzene rings is 1. The lowest BCUT2D eigenvalue weighted by Gasteiger charge is -2.26. The molecule has 1 nitrogen and oxygen atoms in total. The van der Waals surface area contributed by atoms with Gasteiger partial charge in [-0.05, 0) is 49.8 Å². The Balaban J connectivity index is 2.05. The van der Waals surface area contributed by atoms with Crippen LogP contribution in [0.5, 0.6) is 0 Å². The molecule has 0 amide bonds. The monoisotopic (exact) mass is 252 g/mol. The third-order valence-corrected chi connectivity index (χ3v) is 4.00. The van der Waals surface area contributed by atoms with Crippen molar-refractivity contribution in [1.29, 1.82) is 0 Å². The van der Waals surface area contributed by atoms with Gasteiger partial charge in [0.25, 0.3) is 0 Å². The van der Waals surface area contributed by atoms with E-state index in [0.717, 1.165) is 50.2 Å². The molecule has 0 aliphatic heterocycles. The normalized spacial score (nSPS) is 23.9. The van der Waals surface area contributed by atoms with Crippen LogP contribution in [0.3, 0.4) is 0 Å². The summed E-state index contributed by atoms with van der Waals surface area (Å²) in [5.41, 5.74) is 0.300. The van der Waals surface area contributed by atoms with Crippen molar-refractivity contribution in [2.75, 3.05) is 0 Å². The van der Waals surface area contributed by atoms with E-state index in [4.69, 9.17) is 0 Å². The highest BCUT2D eigenvalue weighted by molar-refractivity contribution is 5.97. The van der Waals surface area contributed by atoms with E-state index in [2.05, 4.69) is 6.92 Å². The number of Topliss-reactive ketones (excluding diaryl/α,β-unsaturated/α-hetero) is 1. The first kappa shape index (κ1) is 13.2. The molecule has 0 radical (unpaired) electrons. The Kier molecular flexibility index (Phi) is 4.10. The predicted octanol–water partition coefficient (Wildman–Crippen LogP) is 4.36. The van der Waals surface area contributed by atoms with Gasteiger partial charge in [-0.3, -0.25) is 4.79 Å². The summed E-state index contributed by atoms with van der Waals surface area (Å²) in [6, 6.07) is 3.43. The molecule has 0 heterocycles. The molecule has 18 heavy (non-hydrogen) atoms. The molecule has 0 bridgehead atoms. The molecule has 0 atom stereocenters. The molecule has 3 heteroatoms. The van der Waals surface area contributed by atoms with Crippen LogP contribution >= 0.6 is 0 Å². The quantitative estimate of drug-likeness (QED) is 0.730. The Morgan fingerprint density at radius 3 is 2.39 bits per heavy atom. The van der Waals surface area contributed by atoms with Crippen LogP contribution in [-0.2, 0) is 0 Å². The Morgan fingerprint density at radius 2 is 1.83 bits per heavy atom. The van der Waals surface area contributed by atoms with Crippen molar-refractivity contribution in [3.8, 4) is 0 Å². The van der Waals surface area contributed by atoms with Crippen molar-refractivity contribution in [1.82, 2.24) is 0 Å². The second-order valence-corrected chi connectivity index (χ2v) is 5.12. The maximum Gasteiger partial charge on any atom is 0.166 e. The summed E-state index contributed by atoms with van der Waals surface area (Å²) in [4.78, 5) is 12.2. The molecule has 0 aromatic heterocycles. The van der Waals surface area contributed by atoms with Crippen molar-refractivity contribution < 1.29 is 13.6 Å². The second-order valence-electron chi connectivity index (χ2n) is 5.12. The van der Waals surface area contributed by atoms with E-state index in [-0.39, 0.29) is 11.7 Å². The van der Waals surface area contributed by atoms with Crippen LogP contribution in [0.25, 0.3) is 0 Å². The maximum absolute atomic E-state index is 13.1. The van der Waals surface area contributed by atoms with Crippen molar-refractivity contribution in [3.05, 3.63) is 35.4 Å². The minimum Gasteiger partial charge on any atom is -0.294 e. The largest absolute Gasteiger partial charge is 0.294 e. The molecule has 0 N–H and O–H groups in total. The Hall–Kier alpha value is -1.25. The van der Waals surface area contributed by atoms with Gasteiger partial charge in [-0.2, -0.15) is 0 Å². The van der Waals surface area contributed by atoms with E-state index in [1.165, 1.54) is 6.07 Å². The minimum atomic E-state index is -0.942. The Morgan fingerprint density at radius 1 is 1.17 bits per heavy atom. The Bertz CT molecular complexity index is 434. The fourth-order valence-corrected chi connectivity index (χ4v) is 2.72. The lowest BCUT2D eigenvalue weighted by molar-refractivity contribution is 0.0870. The van der Waals surface area contributed by atoms with Gasteiger partial charge in [0.2, 0.25) is 0 Å². The molecule has 98 valence electrons. The molecule has 0 saturated heterocycles.